The molecule has 2 N–H and O–H groups in total. The van der Waals surface area contributed by atoms with E-state index in [1.807, 2.05) is 0 Å². The summed E-state index contributed by atoms with van der Waals surface area (Å²) in [5, 5.41) is 0. The van der Waals surface area contributed by atoms with Crippen molar-refractivity contribution in [2.45, 2.75) is 83.7 Å². The smallest absolute Gasteiger partial charge is 0.228 e. The van der Waals surface area contributed by atoms with Crippen LogP contribution in [0.4, 0.5) is 0 Å². The normalized spacial score (nSPS) is 30.3. The molecule has 0 atom stereocenters. The fourth-order valence-corrected chi connectivity index (χ4v) is 3.82. The number of carbonyl (C=O) groups excluding carboxylic acids is 1. The predicted octanol–water partition coefficient (Wildman–Crippen LogP) is 3.08. The van der Waals surface area contributed by atoms with Gasteiger partial charge in [0, 0.05) is 24.0 Å². The standard InChI is InChI=1S/C16H30N2O/c1-3-12-18(14-8-6-13(17)7-9-14)15(19)16(2)10-4-5-11-16/h13-14H,3-12,17H2,1-2H3. The Balaban J connectivity index is 2.04. The van der Waals surface area contributed by atoms with Crippen LogP contribution in [-0.4, -0.2) is 29.4 Å². The van der Waals surface area contributed by atoms with Crippen LogP contribution in [-0.2, 0) is 4.79 Å². The maximum absolute atomic E-state index is 12.9. The van der Waals surface area contributed by atoms with Crippen molar-refractivity contribution in [1.82, 2.24) is 4.90 Å². The number of amides is 1. The summed E-state index contributed by atoms with van der Waals surface area (Å²) in [5.74, 6) is 0.423. The van der Waals surface area contributed by atoms with Crippen LogP contribution in [0.15, 0.2) is 0 Å². The number of nitrogens with two attached hydrogens (primary N) is 1. The summed E-state index contributed by atoms with van der Waals surface area (Å²) in [7, 11) is 0. The molecule has 0 spiro atoms. The largest absolute Gasteiger partial charge is 0.339 e. The molecule has 2 fully saturated rings. The molecule has 0 aromatic carbocycles. The minimum absolute atomic E-state index is 0.0747. The molecule has 0 unspecified atom stereocenters. The first kappa shape index (κ1) is 14.8. The molecule has 0 radical (unpaired) electrons. The van der Waals surface area contributed by atoms with Gasteiger partial charge in [0.25, 0.3) is 0 Å². The zero-order chi connectivity index (χ0) is 13.9. The zero-order valence-electron chi connectivity index (χ0n) is 12.7. The number of hydrogen-bond acceptors (Lipinski definition) is 2. The molecule has 19 heavy (non-hydrogen) atoms. The van der Waals surface area contributed by atoms with E-state index < -0.39 is 0 Å². The first-order valence-corrected chi connectivity index (χ1v) is 8.13. The molecule has 3 heteroatoms. The maximum atomic E-state index is 12.9. The average Bonchev–Trinajstić information content (AvgIpc) is 2.85. The van der Waals surface area contributed by atoms with Crippen molar-refractivity contribution in [2.75, 3.05) is 6.54 Å². The van der Waals surface area contributed by atoms with E-state index in [4.69, 9.17) is 5.73 Å². The van der Waals surface area contributed by atoms with Gasteiger partial charge in [0.15, 0.2) is 0 Å². The summed E-state index contributed by atoms with van der Waals surface area (Å²) in [5.41, 5.74) is 5.92. The van der Waals surface area contributed by atoms with Crippen molar-refractivity contribution in [3.8, 4) is 0 Å². The molecular formula is C16H30N2O. The van der Waals surface area contributed by atoms with Crippen molar-refractivity contribution in [2.24, 2.45) is 11.1 Å². The summed E-state index contributed by atoms with van der Waals surface area (Å²) in [6.07, 6.45) is 10.0. The number of nitrogens with zero attached hydrogens (tertiary/aromatic N) is 1. The van der Waals surface area contributed by atoms with Crippen molar-refractivity contribution < 1.29 is 4.79 Å². The first-order valence-electron chi connectivity index (χ1n) is 8.13. The highest BCUT2D eigenvalue weighted by Gasteiger charge is 2.41. The Kier molecular flexibility index (Phi) is 4.88. The maximum Gasteiger partial charge on any atom is 0.228 e. The van der Waals surface area contributed by atoms with Gasteiger partial charge in [-0.1, -0.05) is 26.7 Å². The van der Waals surface area contributed by atoms with Crippen LogP contribution >= 0.6 is 0 Å². The lowest BCUT2D eigenvalue weighted by molar-refractivity contribution is -0.144. The average molecular weight is 266 g/mol. The molecule has 0 aromatic rings. The fraction of sp³-hybridized carbons (Fsp3) is 0.938. The lowest BCUT2D eigenvalue weighted by Gasteiger charge is -2.40. The Hall–Kier alpha value is -0.570. The third-order valence-corrected chi connectivity index (χ3v) is 5.13. The molecule has 2 saturated carbocycles. The quantitative estimate of drug-likeness (QED) is 0.850. The summed E-state index contributed by atoms with van der Waals surface area (Å²) < 4.78 is 0. The second kappa shape index (κ2) is 6.25. The molecule has 2 aliphatic carbocycles. The minimum Gasteiger partial charge on any atom is -0.339 e. The third-order valence-electron chi connectivity index (χ3n) is 5.13. The lowest BCUT2D eigenvalue weighted by Crippen LogP contribution is -2.49. The van der Waals surface area contributed by atoms with Gasteiger partial charge in [-0.25, -0.2) is 0 Å². The highest BCUT2D eigenvalue weighted by molar-refractivity contribution is 5.83. The number of hydrogen-bond donors (Lipinski definition) is 1. The van der Waals surface area contributed by atoms with Crippen LogP contribution in [0.2, 0.25) is 0 Å². The van der Waals surface area contributed by atoms with Crippen LogP contribution in [0.1, 0.15) is 71.6 Å². The van der Waals surface area contributed by atoms with Gasteiger partial charge in [-0.15, -0.1) is 0 Å². The van der Waals surface area contributed by atoms with Crippen molar-refractivity contribution >= 4 is 5.91 Å². The van der Waals surface area contributed by atoms with E-state index >= 15 is 0 Å². The Morgan fingerprint density at radius 1 is 1.21 bits per heavy atom. The SMILES string of the molecule is CCCN(C(=O)C1(C)CCCC1)C1CCC(N)CC1. The Morgan fingerprint density at radius 3 is 2.32 bits per heavy atom. The van der Waals surface area contributed by atoms with E-state index in [9.17, 15) is 4.79 Å². The van der Waals surface area contributed by atoms with E-state index in [2.05, 4.69) is 18.7 Å². The fourth-order valence-electron chi connectivity index (χ4n) is 3.82. The van der Waals surface area contributed by atoms with Gasteiger partial charge in [-0.3, -0.25) is 4.79 Å². The highest BCUT2D eigenvalue weighted by Crippen LogP contribution is 2.40. The highest BCUT2D eigenvalue weighted by atomic mass is 16.2. The van der Waals surface area contributed by atoms with Crippen LogP contribution in [0, 0.1) is 5.41 Å². The molecule has 2 aliphatic rings. The van der Waals surface area contributed by atoms with E-state index in [0.29, 0.717) is 18.0 Å². The van der Waals surface area contributed by atoms with Gasteiger partial charge < -0.3 is 10.6 Å². The number of rotatable bonds is 4. The van der Waals surface area contributed by atoms with Crippen LogP contribution in [0.25, 0.3) is 0 Å². The molecule has 1 amide bonds. The molecule has 3 nitrogen and oxygen atoms in total. The van der Waals surface area contributed by atoms with E-state index in [1.54, 1.807) is 0 Å². The lowest BCUT2D eigenvalue weighted by atomic mass is 9.84. The van der Waals surface area contributed by atoms with Crippen molar-refractivity contribution in [3.05, 3.63) is 0 Å². The topological polar surface area (TPSA) is 46.3 Å². The Bertz CT molecular complexity index is 302. The van der Waals surface area contributed by atoms with Gasteiger partial charge in [0.05, 0.1) is 0 Å². The van der Waals surface area contributed by atoms with Crippen LogP contribution in [0.3, 0.4) is 0 Å². The van der Waals surface area contributed by atoms with Gasteiger partial charge in [0.1, 0.15) is 0 Å². The van der Waals surface area contributed by atoms with E-state index in [0.717, 1.165) is 51.5 Å². The van der Waals surface area contributed by atoms with Gasteiger partial charge >= 0.3 is 0 Å². The Labute approximate surface area is 117 Å². The molecule has 0 saturated heterocycles. The van der Waals surface area contributed by atoms with Crippen molar-refractivity contribution in [1.29, 1.82) is 0 Å². The zero-order valence-corrected chi connectivity index (χ0v) is 12.7. The molecular weight excluding hydrogens is 236 g/mol. The molecule has 110 valence electrons. The summed E-state index contributed by atoms with van der Waals surface area (Å²) in [6, 6.07) is 0.807. The molecule has 0 bridgehead atoms. The second-order valence-corrected chi connectivity index (χ2v) is 6.83. The molecule has 0 aliphatic heterocycles. The third kappa shape index (κ3) is 3.31. The minimum atomic E-state index is -0.0747. The predicted molar refractivity (Wildman–Crippen MR) is 78.8 cm³/mol. The molecule has 0 aromatic heterocycles. The van der Waals surface area contributed by atoms with Crippen LogP contribution < -0.4 is 5.73 Å². The van der Waals surface area contributed by atoms with Gasteiger partial charge in [-0.2, -0.15) is 0 Å². The summed E-state index contributed by atoms with van der Waals surface area (Å²) >= 11 is 0. The first-order chi connectivity index (χ1) is 9.07. The molecule has 2 rings (SSSR count). The van der Waals surface area contributed by atoms with Crippen molar-refractivity contribution in [3.63, 3.8) is 0 Å². The Morgan fingerprint density at radius 2 is 1.79 bits per heavy atom. The van der Waals surface area contributed by atoms with E-state index in [1.165, 1.54) is 12.8 Å². The summed E-state index contributed by atoms with van der Waals surface area (Å²) in [4.78, 5) is 15.1. The monoisotopic (exact) mass is 266 g/mol. The second-order valence-electron chi connectivity index (χ2n) is 6.83. The summed E-state index contributed by atoms with van der Waals surface area (Å²) in [6.45, 7) is 5.28. The van der Waals surface area contributed by atoms with Gasteiger partial charge in [-0.05, 0) is 44.9 Å². The number of carbonyl (C=O) groups is 1. The van der Waals surface area contributed by atoms with E-state index in [-0.39, 0.29) is 5.41 Å². The molecule has 0 heterocycles. The van der Waals surface area contributed by atoms with Gasteiger partial charge in [0.2, 0.25) is 5.91 Å². The van der Waals surface area contributed by atoms with Crippen LogP contribution in [0.5, 0.6) is 0 Å².